The first kappa shape index (κ1) is 14.7. The first-order valence-electron chi connectivity index (χ1n) is 5.96. The van der Waals surface area contributed by atoms with Gasteiger partial charge in [0.2, 0.25) is 0 Å². The number of hydrogen-bond donors (Lipinski definition) is 2. The van der Waals surface area contributed by atoms with Crippen molar-refractivity contribution in [1.82, 2.24) is 10.5 Å². The first-order valence-corrected chi connectivity index (χ1v) is 6.72. The number of rotatable bonds is 4. The van der Waals surface area contributed by atoms with Crippen LogP contribution < -0.4 is 10.6 Å². The van der Waals surface area contributed by atoms with Crippen molar-refractivity contribution in [2.24, 2.45) is 0 Å². The number of benzene rings is 1. The lowest BCUT2D eigenvalue weighted by atomic mass is 10.1. The van der Waals surface area contributed by atoms with Gasteiger partial charge < -0.3 is 9.84 Å². The summed E-state index contributed by atoms with van der Waals surface area (Å²) < 4.78 is 4.84. The topological polar surface area (TPSA) is 67.2 Å². The SMILES string of the molecule is Cc1cc(NC(=O)NCCc2ccc(Cl)cc2Cl)no1. The van der Waals surface area contributed by atoms with Gasteiger partial charge in [0.25, 0.3) is 0 Å². The fourth-order valence-corrected chi connectivity index (χ4v) is 2.12. The van der Waals surface area contributed by atoms with Crippen LogP contribution in [0, 0.1) is 6.92 Å². The number of hydrogen-bond acceptors (Lipinski definition) is 3. The fraction of sp³-hybridized carbons (Fsp3) is 0.231. The van der Waals surface area contributed by atoms with Gasteiger partial charge in [0.1, 0.15) is 5.76 Å². The molecule has 106 valence electrons. The predicted octanol–water partition coefficient (Wildman–Crippen LogP) is 3.65. The average Bonchev–Trinajstić information content (AvgIpc) is 2.77. The highest BCUT2D eigenvalue weighted by Gasteiger charge is 2.06. The summed E-state index contributed by atoms with van der Waals surface area (Å²) in [6.45, 7) is 2.20. The van der Waals surface area contributed by atoms with E-state index >= 15 is 0 Å². The van der Waals surface area contributed by atoms with Crippen LogP contribution in [0.5, 0.6) is 0 Å². The molecule has 0 spiro atoms. The molecule has 0 aliphatic carbocycles. The maximum Gasteiger partial charge on any atom is 0.320 e. The lowest BCUT2D eigenvalue weighted by molar-refractivity contribution is 0.252. The van der Waals surface area contributed by atoms with Gasteiger partial charge >= 0.3 is 6.03 Å². The Kier molecular flexibility index (Phi) is 4.87. The molecule has 2 N–H and O–H groups in total. The summed E-state index contributed by atoms with van der Waals surface area (Å²) >= 11 is 11.9. The number of urea groups is 1. The van der Waals surface area contributed by atoms with Crippen molar-refractivity contribution >= 4 is 35.1 Å². The fourth-order valence-electron chi connectivity index (χ4n) is 1.62. The highest BCUT2D eigenvalue weighted by molar-refractivity contribution is 6.35. The number of carbonyl (C=O) groups is 1. The molecular formula is C13H13Cl2N3O2. The third-order valence-electron chi connectivity index (χ3n) is 2.56. The first-order chi connectivity index (χ1) is 9.54. The summed E-state index contributed by atoms with van der Waals surface area (Å²) in [5, 5.41) is 10.1. The zero-order chi connectivity index (χ0) is 14.5. The molecule has 0 radical (unpaired) electrons. The van der Waals surface area contributed by atoms with Gasteiger partial charge in [-0.15, -0.1) is 0 Å². The van der Waals surface area contributed by atoms with Crippen molar-refractivity contribution < 1.29 is 9.32 Å². The molecule has 1 aromatic carbocycles. The molecule has 0 bridgehead atoms. The summed E-state index contributed by atoms with van der Waals surface area (Å²) in [6, 6.07) is 6.57. The summed E-state index contributed by atoms with van der Waals surface area (Å²) in [5.41, 5.74) is 0.925. The van der Waals surface area contributed by atoms with Crippen LogP contribution in [-0.4, -0.2) is 17.7 Å². The molecule has 0 saturated heterocycles. The van der Waals surface area contributed by atoms with Crippen LogP contribution in [0.25, 0.3) is 0 Å². The molecule has 0 aliphatic heterocycles. The number of nitrogens with zero attached hydrogens (tertiary/aromatic N) is 1. The molecule has 1 heterocycles. The van der Waals surface area contributed by atoms with E-state index in [1.807, 2.05) is 6.07 Å². The molecule has 1 aromatic heterocycles. The molecule has 7 heteroatoms. The number of carbonyl (C=O) groups excluding carboxylic acids is 1. The van der Waals surface area contributed by atoms with E-state index in [1.54, 1.807) is 25.1 Å². The molecule has 2 aromatic rings. The summed E-state index contributed by atoms with van der Waals surface area (Å²) in [5.74, 6) is 1.01. The Balaban J connectivity index is 1.79. The minimum atomic E-state index is -0.344. The van der Waals surface area contributed by atoms with Crippen molar-refractivity contribution in [2.45, 2.75) is 13.3 Å². The van der Waals surface area contributed by atoms with Crippen LogP contribution in [0.4, 0.5) is 10.6 Å². The van der Waals surface area contributed by atoms with Gasteiger partial charge in [0, 0.05) is 22.7 Å². The minimum absolute atomic E-state index is 0.344. The Hall–Kier alpha value is -1.72. The lowest BCUT2D eigenvalue weighted by Gasteiger charge is -2.07. The number of anilines is 1. The van der Waals surface area contributed by atoms with E-state index in [4.69, 9.17) is 27.7 Å². The molecular weight excluding hydrogens is 301 g/mol. The lowest BCUT2D eigenvalue weighted by Crippen LogP contribution is -2.30. The maximum absolute atomic E-state index is 11.6. The third-order valence-corrected chi connectivity index (χ3v) is 3.15. The van der Waals surface area contributed by atoms with Crippen LogP contribution in [0.3, 0.4) is 0 Å². The smallest absolute Gasteiger partial charge is 0.320 e. The number of aryl methyl sites for hydroxylation is 1. The maximum atomic E-state index is 11.6. The Morgan fingerprint density at radius 2 is 2.15 bits per heavy atom. The molecule has 2 rings (SSSR count). The number of nitrogens with one attached hydrogen (secondary N) is 2. The van der Waals surface area contributed by atoms with Crippen molar-refractivity contribution in [1.29, 1.82) is 0 Å². The van der Waals surface area contributed by atoms with Crippen LogP contribution in [0.15, 0.2) is 28.8 Å². The van der Waals surface area contributed by atoms with E-state index in [-0.39, 0.29) is 6.03 Å². The Morgan fingerprint density at radius 1 is 1.35 bits per heavy atom. The van der Waals surface area contributed by atoms with Crippen molar-refractivity contribution in [3.8, 4) is 0 Å². The molecule has 2 amide bonds. The average molecular weight is 314 g/mol. The van der Waals surface area contributed by atoms with E-state index in [2.05, 4.69) is 15.8 Å². The van der Waals surface area contributed by atoms with Gasteiger partial charge in [0.05, 0.1) is 0 Å². The second kappa shape index (κ2) is 6.63. The highest BCUT2D eigenvalue weighted by atomic mass is 35.5. The zero-order valence-electron chi connectivity index (χ0n) is 10.7. The van der Waals surface area contributed by atoms with Gasteiger partial charge in [0.15, 0.2) is 5.82 Å². The van der Waals surface area contributed by atoms with Gasteiger partial charge in [-0.05, 0) is 31.0 Å². The van der Waals surface area contributed by atoms with Crippen molar-refractivity contribution in [3.63, 3.8) is 0 Å². The number of aromatic nitrogens is 1. The number of halogens is 2. The van der Waals surface area contributed by atoms with E-state index in [0.717, 1.165) is 5.56 Å². The van der Waals surface area contributed by atoms with Crippen molar-refractivity contribution in [3.05, 3.63) is 45.6 Å². The molecule has 0 atom stereocenters. The van der Waals surface area contributed by atoms with Gasteiger partial charge in [-0.3, -0.25) is 5.32 Å². The molecule has 20 heavy (non-hydrogen) atoms. The summed E-state index contributed by atoms with van der Waals surface area (Å²) in [7, 11) is 0. The molecule has 0 aliphatic rings. The highest BCUT2D eigenvalue weighted by Crippen LogP contribution is 2.21. The van der Waals surface area contributed by atoms with E-state index in [0.29, 0.717) is 34.6 Å². The molecule has 0 unspecified atom stereocenters. The normalized spacial score (nSPS) is 10.3. The quantitative estimate of drug-likeness (QED) is 0.905. The van der Waals surface area contributed by atoms with Crippen LogP contribution in [-0.2, 0) is 6.42 Å². The van der Waals surface area contributed by atoms with Gasteiger partial charge in [-0.25, -0.2) is 4.79 Å². The standard InChI is InChI=1S/C13H13Cl2N3O2/c1-8-6-12(18-20-8)17-13(19)16-5-4-9-2-3-10(14)7-11(9)15/h2-3,6-7H,4-5H2,1H3,(H2,16,17,18,19). The van der Waals surface area contributed by atoms with E-state index < -0.39 is 0 Å². The minimum Gasteiger partial charge on any atom is -0.360 e. The zero-order valence-corrected chi connectivity index (χ0v) is 12.3. The largest absolute Gasteiger partial charge is 0.360 e. The molecule has 0 saturated carbocycles. The monoisotopic (exact) mass is 313 g/mol. The van der Waals surface area contributed by atoms with E-state index in [9.17, 15) is 4.79 Å². The Bertz CT molecular complexity index is 613. The van der Waals surface area contributed by atoms with Crippen molar-refractivity contribution in [2.75, 3.05) is 11.9 Å². The van der Waals surface area contributed by atoms with Crippen LogP contribution >= 0.6 is 23.2 Å². The van der Waals surface area contributed by atoms with Crippen LogP contribution in [0.1, 0.15) is 11.3 Å². The second-order valence-corrected chi connectivity index (χ2v) is 5.03. The van der Waals surface area contributed by atoms with E-state index in [1.165, 1.54) is 0 Å². The molecule has 0 fully saturated rings. The summed E-state index contributed by atoms with van der Waals surface area (Å²) in [6.07, 6.45) is 0.612. The second-order valence-electron chi connectivity index (χ2n) is 4.19. The molecule has 5 nitrogen and oxygen atoms in total. The predicted molar refractivity (Wildman–Crippen MR) is 78.4 cm³/mol. The van der Waals surface area contributed by atoms with Gasteiger partial charge in [-0.1, -0.05) is 34.4 Å². The third kappa shape index (κ3) is 4.15. The Morgan fingerprint density at radius 3 is 2.80 bits per heavy atom. The number of amides is 2. The van der Waals surface area contributed by atoms with Gasteiger partial charge in [-0.2, -0.15) is 0 Å². The van der Waals surface area contributed by atoms with Crippen LogP contribution in [0.2, 0.25) is 10.0 Å². The Labute approximate surface area is 126 Å². The summed E-state index contributed by atoms with van der Waals surface area (Å²) in [4.78, 5) is 11.6.